The highest BCUT2D eigenvalue weighted by atomic mass is 79.9. The van der Waals surface area contributed by atoms with Crippen LogP contribution in [0.5, 0.6) is 0 Å². The number of nitrogens with one attached hydrogen (secondary N) is 1. The van der Waals surface area contributed by atoms with Crippen LogP contribution in [0, 0.1) is 0 Å². The Labute approximate surface area is 185 Å². The molecule has 4 rings (SSSR count). The Morgan fingerprint density at radius 2 is 2.00 bits per heavy atom. The van der Waals surface area contributed by atoms with Crippen molar-refractivity contribution in [3.8, 4) is 0 Å². The lowest BCUT2D eigenvalue weighted by molar-refractivity contribution is -0.182. The molecular weight excluding hydrogens is 454 g/mol. The van der Waals surface area contributed by atoms with Crippen molar-refractivity contribution >= 4 is 26.9 Å². The summed E-state index contributed by atoms with van der Waals surface area (Å²) in [5.74, 6) is 0. The van der Waals surface area contributed by atoms with Crippen LogP contribution in [0.15, 0.2) is 16.6 Å². The number of benzene rings is 1. The van der Waals surface area contributed by atoms with Crippen LogP contribution in [0.25, 0.3) is 0 Å². The molecule has 162 valence electrons. The predicted octanol–water partition coefficient (Wildman–Crippen LogP) is 4.69. The SMILES string of the molecule is CC(C)(C)[S@](=O)N[C@@H](CCC1OCCCO1)c1cc(Br)cc2c1COC1(CC1)C2. The minimum absolute atomic E-state index is 0.0488. The molecule has 2 atom stereocenters. The van der Waals surface area contributed by atoms with Crippen molar-refractivity contribution in [2.24, 2.45) is 0 Å². The van der Waals surface area contributed by atoms with E-state index < -0.39 is 11.0 Å². The smallest absolute Gasteiger partial charge is 0.157 e. The number of ether oxygens (including phenoxy) is 3. The Morgan fingerprint density at radius 1 is 1.28 bits per heavy atom. The third-order valence-electron chi connectivity index (χ3n) is 5.95. The fraction of sp³-hybridized carbons (Fsp3) is 0.727. The van der Waals surface area contributed by atoms with Crippen LogP contribution >= 0.6 is 15.9 Å². The average Bonchev–Trinajstić information content (AvgIpc) is 3.42. The van der Waals surface area contributed by atoms with Gasteiger partial charge in [0, 0.05) is 23.4 Å². The quantitative estimate of drug-likeness (QED) is 0.634. The van der Waals surface area contributed by atoms with Crippen LogP contribution < -0.4 is 4.72 Å². The summed E-state index contributed by atoms with van der Waals surface area (Å²) in [7, 11) is -1.17. The normalized spacial score (nSPS) is 23.6. The highest BCUT2D eigenvalue weighted by molar-refractivity contribution is 9.10. The van der Waals surface area contributed by atoms with Gasteiger partial charge in [-0.1, -0.05) is 15.9 Å². The second kappa shape index (κ2) is 8.67. The zero-order valence-electron chi connectivity index (χ0n) is 17.6. The van der Waals surface area contributed by atoms with Crippen LogP contribution in [0.1, 0.15) is 75.6 Å². The first-order valence-corrected chi connectivity index (χ1v) is 12.6. The topological polar surface area (TPSA) is 56.8 Å². The van der Waals surface area contributed by atoms with E-state index in [1.807, 2.05) is 20.8 Å². The molecule has 1 saturated heterocycles. The highest BCUT2D eigenvalue weighted by Crippen LogP contribution is 2.48. The van der Waals surface area contributed by atoms with Gasteiger partial charge in [0.1, 0.15) is 0 Å². The van der Waals surface area contributed by atoms with Crippen molar-refractivity contribution in [3.05, 3.63) is 33.3 Å². The molecule has 2 heterocycles. The summed E-state index contributed by atoms with van der Waals surface area (Å²) in [4.78, 5) is 0. The van der Waals surface area contributed by atoms with Gasteiger partial charge in [-0.25, -0.2) is 8.93 Å². The minimum Gasteiger partial charge on any atom is -0.370 e. The van der Waals surface area contributed by atoms with E-state index in [1.165, 1.54) is 16.7 Å². The van der Waals surface area contributed by atoms with Crippen LogP contribution in [-0.2, 0) is 38.2 Å². The number of fused-ring (bicyclic) bond motifs is 1. The van der Waals surface area contributed by atoms with E-state index in [2.05, 4.69) is 32.8 Å². The van der Waals surface area contributed by atoms with Crippen LogP contribution in [0.2, 0.25) is 0 Å². The summed E-state index contributed by atoms with van der Waals surface area (Å²) >= 11 is 3.71. The first kappa shape index (κ1) is 21.9. The molecule has 0 radical (unpaired) electrons. The van der Waals surface area contributed by atoms with E-state index in [9.17, 15) is 4.21 Å². The lowest BCUT2D eigenvalue weighted by Gasteiger charge is -2.32. The Morgan fingerprint density at radius 3 is 2.66 bits per heavy atom. The van der Waals surface area contributed by atoms with E-state index in [1.54, 1.807) is 0 Å². The lowest BCUT2D eigenvalue weighted by Crippen LogP contribution is -2.37. The van der Waals surface area contributed by atoms with E-state index in [4.69, 9.17) is 14.2 Å². The van der Waals surface area contributed by atoms with Crippen molar-refractivity contribution in [2.75, 3.05) is 13.2 Å². The Balaban J connectivity index is 1.59. The second-order valence-corrected chi connectivity index (χ2v) is 12.3. The maximum absolute atomic E-state index is 13.0. The molecule has 1 saturated carbocycles. The molecule has 0 amide bonds. The van der Waals surface area contributed by atoms with E-state index >= 15 is 0 Å². The molecular formula is C22H32BrNO4S. The van der Waals surface area contributed by atoms with Gasteiger partial charge in [0.25, 0.3) is 0 Å². The molecule has 0 aromatic heterocycles. The summed E-state index contributed by atoms with van der Waals surface area (Å²) in [6.45, 7) is 8.12. The molecule has 3 aliphatic rings. The van der Waals surface area contributed by atoms with Crippen molar-refractivity contribution in [2.45, 2.75) is 88.6 Å². The van der Waals surface area contributed by atoms with Gasteiger partial charge in [0.2, 0.25) is 0 Å². The Bertz CT molecular complexity index is 769. The van der Waals surface area contributed by atoms with E-state index in [-0.39, 0.29) is 22.7 Å². The molecule has 5 nitrogen and oxygen atoms in total. The molecule has 1 aliphatic carbocycles. The minimum atomic E-state index is -1.17. The van der Waals surface area contributed by atoms with Gasteiger partial charge in [-0.15, -0.1) is 0 Å². The molecule has 0 bridgehead atoms. The third kappa shape index (κ3) is 5.31. The first-order valence-electron chi connectivity index (χ1n) is 10.6. The maximum Gasteiger partial charge on any atom is 0.157 e. The molecule has 1 aromatic carbocycles. The second-order valence-electron chi connectivity index (χ2n) is 9.43. The zero-order valence-corrected chi connectivity index (χ0v) is 20.0. The predicted molar refractivity (Wildman–Crippen MR) is 118 cm³/mol. The summed E-state index contributed by atoms with van der Waals surface area (Å²) in [6.07, 6.45) is 5.61. The van der Waals surface area contributed by atoms with Crippen molar-refractivity contribution in [1.29, 1.82) is 0 Å². The van der Waals surface area contributed by atoms with Crippen molar-refractivity contribution < 1.29 is 18.4 Å². The van der Waals surface area contributed by atoms with Gasteiger partial charge in [-0.05, 0) is 75.3 Å². The van der Waals surface area contributed by atoms with Gasteiger partial charge in [0.05, 0.1) is 41.2 Å². The fourth-order valence-corrected chi connectivity index (χ4v) is 5.41. The molecule has 2 fully saturated rings. The Hall–Kier alpha value is -0.310. The third-order valence-corrected chi connectivity index (χ3v) is 8.02. The van der Waals surface area contributed by atoms with Crippen LogP contribution in [-0.4, -0.2) is 34.1 Å². The van der Waals surface area contributed by atoms with Crippen molar-refractivity contribution in [3.63, 3.8) is 0 Å². The first-order chi connectivity index (χ1) is 13.8. The Kier molecular flexibility index (Phi) is 6.55. The number of hydrogen-bond donors (Lipinski definition) is 1. The van der Waals surface area contributed by atoms with Crippen LogP contribution in [0.3, 0.4) is 0 Å². The molecule has 2 aliphatic heterocycles. The van der Waals surface area contributed by atoms with Gasteiger partial charge in [-0.2, -0.15) is 0 Å². The number of halogens is 1. The largest absolute Gasteiger partial charge is 0.370 e. The maximum atomic E-state index is 13.0. The zero-order chi connectivity index (χ0) is 20.6. The number of rotatable bonds is 6. The van der Waals surface area contributed by atoms with Gasteiger partial charge in [0.15, 0.2) is 6.29 Å². The van der Waals surface area contributed by atoms with Gasteiger partial charge < -0.3 is 14.2 Å². The number of hydrogen-bond acceptors (Lipinski definition) is 4. The summed E-state index contributed by atoms with van der Waals surface area (Å²) < 4.78 is 34.8. The van der Waals surface area contributed by atoms with Crippen LogP contribution in [0.4, 0.5) is 0 Å². The van der Waals surface area contributed by atoms with Gasteiger partial charge in [-0.3, -0.25) is 0 Å². The standard InChI is InChI=1S/C22H32BrNO4S/c1-21(2,3)29(25)24-19(5-6-20-26-9-4-10-27-20)17-12-16(23)11-15-13-22(7-8-22)28-14-18(15)17/h11-12,19-20,24H,4-10,13-14H2,1-3H3/t19-,29-/m0/s1. The highest BCUT2D eigenvalue weighted by Gasteiger charge is 2.47. The fourth-order valence-electron chi connectivity index (χ4n) is 4.03. The molecule has 1 spiro atoms. The molecule has 7 heteroatoms. The van der Waals surface area contributed by atoms with Gasteiger partial charge >= 0.3 is 0 Å². The summed E-state index contributed by atoms with van der Waals surface area (Å²) in [6, 6.07) is 4.34. The lowest BCUT2D eigenvalue weighted by atomic mass is 9.89. The monoisotopic (exact) mass is 485 g/mol. The van der Waals surface area contributed by atoms with Crippen molar-refractivity contribution in [1.82, 2.24) is 4.72 Å². The van der Waals surface area contributed by atoms with E-state index in [0.717, 1.165) is 56.2 Å². The molecule has 29 heavy (non-hydrogen) atoms. The molecule has 0 unspecified atom stereocenters. The molecule has 1 N–H and O–H groups in total. The summed E-state index contributed by atoms with van der Waals surface area (Å²) in [5.41, 5.74) is 3.86. The molecule has 1 aromatic rings. The van der Waals surface area contributed by atoms with E-state index in [0.29, 0.717) is 6.61 Å². The summed E-state index contributed by atoms with van der Waals surface area (Å²) in [5, 5.41) is 0. The average molecular weight is 486 g/mol.